The topological polar surface area (TPSA) is 103 Å². The van der Waals surface area contributed by atoms with Crippen molar-refractivity contribution in [2.45, 2.75) is 31.0 Å². The van der Waals surface area contributed by atoms with E-state index in [0.29, 0.717) is 5.69 Å². The zero-order valence-corrected chi connectivity index (χ0v) is 17.7. The summed E-state index contributed by atoms with van der Waals surface area (Å²) in [4.78, 5) is 16.1. The third-order valence-electron chi connectivity index (χ3n) is 4.71. The lowest BCUT2D eigenvalue weighted by atomic mass is 10.2. The standard InChI is InChI=1S/C20H17F3N4O4S/c1-11(2)27-15-8-7-12(9-14(15)25-19(27)20(21,22)23)18(28)31-10-17-24-13-5-3-4-6-16(13)32(29,30)26-17/h3-9,11H,10H2,1-2H3,(H,24,26). The van der Waals surface area contributed by atoms with Gasteiger partial charge in [0.1, 0.15) is 4.90 Å². The van der Waals surface area contributed by atoms with E-state index in [9.17, 15) is 26.4 Å². The molecular weight excluding hydrogens is 449 g/mol. The van der Waals surface area contributed by atoms with E-state index in [0.717, 1.165) is 4.57 Å². The molecule has 0 fully saturated rings. The van der Waals surface area contributed by atoms with Crippen molar-refractivity contribution >= 4 is 38.5 Å². The number of nitrogens with one attached hydrogen (secondary N) is 1. The fraction of sp³-hybridized carbons (Fsp3) is 0.250. The van der Waals surface area contributed by atoms with E-state index in [4.69, 9.17) is 4.74 Å². The van der Waals surface area contributed by atoms with E-state index in [-0.39, 0.29) is 27.3 Å². The highest BCUT2D eigenvalue weighted by molar-refractivity contribution is 7.90. The molecule has 8 nitrogen and oxygen atoms in total. The highest BCUT2D eigenvalue weighted by Gasteiger charge is 2.38. The van der Waals surface area contributed by atoms with Crippen molar-refractivity contribution in [2.24, 2.45) is 4.40 Å². The smallest absolute Gasteiger partial charge is 0.449 e. The van der Waals surface area contributed by atoms with Crippen LogP contribution in [-0.4, -0.2) is 36.4 Å². The molecule has 1 aliphatic heterocycles. The number of sulfonamides is 1. The number of rotatable bonds is 4. The fourth-order valence-corrected chi connectivity index (χ4v) is 4.53. The molecule has 2 aromatic carbocycles. The number of hydrogen-bond donors (Lipinski definition) is 1. The highest BCUT2D eigenvalue weighted by atomic mass is 32.2. The van der Waals surface area contributed by atoms with Crippen LogP contribution in [0.3, 0.4) is 0 Å². The number of amidine groups is 1. The maximum Gasteiger partial charge on any atom is 0.449 e. The van der Waals surface area contributed by atoms with Crippen LogP contribution in [0.25, 0.3) is 11.0 Å². The normalized spacial score (nSPS) is 15.2. The molecule has 0 aliphatic carbocycles. The Hall–Kier alpha value is -3.41. The van der Waals surface area contributed by atoms with Crippen molar-refractivity contribution in [1.82, 2.24) is 9.55 Å². The highest BCUT2D eigenvalue weighted by Crippen LogP contribution is 2.34. The number of esters is 1. The third-order valence-corrected chi connectivity index (χ3v) is 6.08. The maximum absolute atomic E-state index is 13.4. The van der Waals surface area contributed by atoms with Gasteiger partial charge in [0, 0.05) is 6.04 Å². The van der Waals surface area contributed by atoms with E-state index >= 15 is 0 Å². The van der Waals surface area contributed by atoms with E-state index in [2.05, 4.69) is 14.7 Å². The van der Waals surface area contributed by atoms with Crippen LogP contribution in [0.2, 0.25) is 0 Å². The van der Waals surface area contributed by atoms with Crippen molar-refractivity contribution in [1.29, 1.82) is 0 Å². The van der Waals surface area contributed by atoms with Gasteiger partial charge in [0.25, 0.3) is 10.0 Å². The van der Waals surface area contributed by atoms with Gasteiger partial charge in [0.15, 0.2) is 12.4 Å². The first-order valence-electron chi connectivity index (χ1n) is 9.43. The van der Waals surface area contributed by atoms with Gasteiger partial charge in [-0.05, 0) is 44.2 Å². The third kappa shape index (κ3) is 3.93. The molecule has 32 heavy (non-hydrogen) atoms. The number of carbonyl (C=O) groups is 1. The number of alkyl halides is 3. The lowest BCUT2D eigenvalue weighted by Gasteiger charge is -2.17. The van der Waals surface area contributed by atoms with Gasteiger partial charge in [-0.2, -0.15) is 21.6 Å². The van der Waals surface area contributed by atoms with Crippen molar-refractivity contribution in [2.75, 3.05) is 11.9 Å². The average Bonchev–Trinajstić information content (AvgIpc) is 3.11. The molecule has 4 rings (SSSR count). The Labute approximate surface area is 180 Å². The van der Waals surface area contributed by atoms with Gasteiger partial charge in [0.05, 0.1) is 22.3 Å². The summed E-state index contributed by atoms with van der Waals surface area (Å²) < 4.78 is 74.3. The van der Waals surface area contributed by atoms with Crippen LogP contribution in [0.4, 0.5) is 18.9 Å². The number of anilines is 1. The monoisotopic (exact) mass is 466 g/mol. The summed E-state index contributed by atoms with van der Waals surface area (Å²) in [7, 11) is -3.94. The van der Waals surface area contributed by atoms with Gasteiger partial charge in [-0.15, -0.1) is 4.40 Å². The summed E-state index contributed by atoms with van der Waals surface area (Å²) in [6.45, 7) is 2.73. The summed E-state index contributed by atoms with van der Waals surface area (Å²) in [6, 6.07) is 9.52. The summed E-state index contributed by atoms with van der Waals surface area (Å²) in [5, 5.41) is 2.78. The Morgan fingerprint density at radius 1 is 1.19 bits per heavy atom. The van der Waals surface area contributed by atoms with Crippen molar-refractivity contribution in [3.8, 4) is 0 Å². The molecular formula is C20H17F3N4O4S. The Morgan fingerprint density at radius 3 is 2.59 bits per heavy atom. The van der Waals surface area contributed by atoms with Crippen LogP contribution in [0.15, 0.2) is 51.8 Å². The van der Waals surface area contributed by atoms with Gasteiger partial charge >= 0.3 is 12.1 Å². The zero-order chi connectivity index (χ0) is 23.3. The molecule has 0 radical (unpaired) electrons. The first kappa shape index (κ1) is 21.8. The van der Waals surface area contributed by atoms with Gasteiger partial charge in [-0.3, -0.25) is 0 Å². The number of aromatic nitrogens is 2. The molecule has 1 aromatic heterocycles. The predicted octanol–water partition coefficient (Wildman–Crippen LogP) is 4.01. The second-order valence-electron chi connectivity index (χ2n) is 7.31. The number of benzene rings is 2. The molecule has 0 bridgehead atoms. The first-order valence-corrected chi connectivity index (χ1v) is 10.9. The number of ether oxygens (including phenoxy) is 1. The van der Waals surface area contributed by atoms with E-state index < -0.39 is 40.6 Å². The molecule has 3 aromatic rings. The molecule has 12 heteroatoms. The van der Waals surface area contributed by atoms with Gasteiger partial charge in [0.2, 0.25) is 5.82 Å². The molecule has 0 atom stereocenters. The van der Waals surface area contributed by atoms with Crippen LogP contribution in [0.1, 0.15) is 36.1 Å². The van der Waals surface area contributed by atoms with E-state index in [1.165, 1.54) is 24.3 Å². The second kappa shape index (κ2) is 7.62. The number of carbonyl (C=O) groups excluding carboxylic acids is 1. The number of fused-ring (bicyclic) bond motifs is 2. The number of hydrogen-bond acceptors (Lipinski definition) is 6. The largest absolute Gasteiger partial charge is 0.454 e. The Bertz CT molecular complexity index is 1360. The van der Waals surface area contributed by atoms with Crippen LogP contribution in [0.5, 0.6) is 0 Å². The lowest BCUT2D eigenvalue weighted by Crippen LogP contribution is -2.27. The Kier molecular flexibility index (Phi) is 5.19. The molecule has 0 amide bonds. The lowest BCUT2D eigenvalue weighted by molar-refractivity contribution is -0.147. The molecule has 0 saturated carbocycles. The van der Waals surface area contributed by atoms with Gasteiger partial charge < -0.3 is 14.6 Å². The predicted molar refractivity (Wildman–Crippen MR) is 110 cm³/mol. The van der Waals surface area contributed by atoms with Gasteiger partial charge in [-0.25, -0.2) is 9.78 Å². The van der Waals surface area contributed by atoms with Crippen LogP contribution >= 0.6 is 0 Å². The quantitative estimate of drug-likeness (QED) is 0.583. The van der Waals surface area contributed by atoms with Gasteiger partial charge in [-0.1, -0.05) is 12.1 Å². The second-order valence-corrected chi connectivity index (χ2v) is 8.88. The molecule has 0 unspecified atom stereocenters. The Morgan fingerprint density at radius 2 is 1.91 bits per heavy atom. The Balaban J connectivity index is 1.57. The maximum atomic E-state index is 13.4. The van der Waals surface area contributed by atoms with E-state index in [1.807, 2.05) is 0 Å². The first-order chi connectivity index (χ1) is 15.0. The number of halogens is 3. The average molecular weight is 466 g/mol. The molecule has 1 N–H and O–H groups in total. The SMILES string of the molecule is CC(C)n1c(C(F)(F)F)nc2cc(C(=O)OCC3=NS(=O)(=O)c4ccccc4N3)ccc21. The van der Waals surface area contributed by atoms with E-state index in [1.54, 1.807) is 32.0 Å². The minimum Gasteiger partial charge on any atom is -0.454 e. The van der Waals surface area contributed by atoms with Crippen LogP contribution < -0.4 is 5.32 Å². The fourth-order valence-electron chi connectivity index (χ4n) is 3.40. The van der Waals surface area contributed by atoms with Crippen molar-refractivity contribution in [3.05, 3.63) is 53.9 Å². The molecule has 0 saturated heterocycles. The minimum absolute atomic E-state index is 0.00161. The summed E-state index contributed by atoms with van der Waals surface area (Å²) in [5.41, 5.74) is 0.489. The van der Waals surface area contributed by atoms with Crippen LogP contribution in [0, 0.1) is 0 Å². The molecule has 168 valence electrons. The zero-order valence-electron chi connectivity index (χ0n) is 16.8. The number of para-hydroxylation sites is 1. The number of nitrogens with zero attached hydrogens (tertiary/aromatic N) is 3. The summed E-state index contributed by atoms with van der Waals surface area (Å²) in [5.74, 6) is -2.01. The summed E-state index contributed by atoms with van der Waals surface area (Å²) in [6.07, 6.45) is -4.66. The molecule has 2 heterocycles. The van der Waals surface area contributed by atoms with Crippen molar-refractivity contribution < 1.29 is 31.1 Å². The summed E-state index contributed by atoms with van der Waals surface area (Å²) >= 11 is 0. The van der Waals surface area contributed by atoms with Crippen molar-refractivity contribution in [3.63, 3.8) is 0 Å². The minimum atomic E-state index is -4.66. The van der Waals surface area contributed by atoms with Crippen LogP contribution in [-0.2, 0) is 20.9 Å². The number of imidazole rings is 1. The molecule has 0 spiro atoms. The molecule has 1 aliphatic rings.